The van der Waals surface area contributed by atoms with Crippen LogP contribution in [0.15, 0.2) is 35.6 Å². The van der Waals surface area contributed by atoms with Gasteiger partial charge in [0.15, 0.2) is 11.0 Å². The number of amidine groups is 1. The summed E-state index contributed by atoms with van der Waals surface area (Å²) in [5.74, 6) is -1.31. The zero-order valence-corrected chi connectivity index (χ0v) is 25.7. The first-order valence-corrected chi connectivity index (χ1v) is 17.7. The molecule has 1 aliphatic carbocycles. The van der Waals surface area contributed by atoms with Crippen LogP contribution in [0.5, 0.6) is 0 Å². The van der Waals surface area contributed by atoms with Gasteiger partial charge in [0.2, 0.25) is 0 Å². The number of nitrogens with zero attached hydrogens (tertiary/aromatic N) is 4. The monoisotopic (exact) mass is 610 g/mol. The SMILES string of the molecule is COC[C@]12C[C@H]1[C@@](C)(c1cc(/C=C(\F)c3cnc(Cl)cn3)ccc1F)N=C(N(COCC[Si](C)(C)C)C(=O)O)S2. The third-order valence-electron chi connectivity index (χ3n) is 7.09. The van der Waals surface area contributed by atoms with E-state index in [0.29, 0.717) is 25.2 Å². The third-order valence-corrected chi connectivity index (χ3v) is 10.5. The van der Waals surface area contributed by atoms with Crippen LogP contribution in [-0.2, 0) is 15.0 Å². The van der Waals surface area contributed by atoms with Crippen molar-refractivity contribution in [2.75, 3.05) is 27.1 Å². The van der Waals surface area contributed by atoms with E-state index in [-0.39, 0.29) is 34.2 Å². The number of fused-ring (bicyclic) bond motifs is 1. The number of hydrogen-bond donors (Lipinski definition) is 1. The van der Waals surface area contributed by atoms with Gasteiger partial charge >= 0.3 is 6.09 Å². The molecule has 1 N–H and O–H groups in total. The molecule has 2 aliphatic rings. The third kappa shape index (κ3) is 6.73. The lowest BCUT2D eigenvalue weighted by Gasteiger charge is -2.37. The molecule has 0 bridgehead atoms. The first-order valence-electron chi connectivity index (χ1n) is 12.8. The standard InChI is InChI=1S/C27H33ClF2N4O4SSi/c1-26(18-10-17(6-7-19(18)29)11-20(30)21-13-32-23(28)14-31-21)22-12-27(22,15-37-2)39-24(33-26)34(25(35)36)16-38-8-9-40(3,4)5/h6-7,10-11,13-14,22H,8-9,12,15-16H2,1-5H3,(H,35,36)/b20-11-/t22-,26+,27+/m0/s1. The lowest BCUT2D eigenvalue weighted by atomic mass is 9.85. The van der Waals surface area contributed by atoms with Gasteiger partial charge in [0.25, 0.3) is 0 Å². The molecule has 3 atom stereocenters. The van der Waals surface area contributed by atoms with E-state index >= 15 is 4.39 Å². The van der Waals surface area contributed by atoms with Gasteiger partial charge in [0.1, 0.15) is 23.4 Å². The van der Waals surface area contributed by atoms with Crippen LogP contribution < -0.4 is 0 Å². The Bertz CT molecular complexity index is 1330. The fourth-order valence-corrected chi connectivity index (χ4v) is 7.28. The number of aliphatic imine (C=N–C) groups is 1. The second-order valence-corrected chi connectivity index (χ2v) is 18.8. The van der Waals surface area contributed by atoms with E-state index in [1.54, 1.807) is 20.1 Å². The smallest absolute Gasteiger partial charge is 0.415 e. The molecule has 1 saturated carbocycles. The van der Waals surface area contributed by atoms with Crippen LogP contribution in [0.2, 0.25) is 30.8 Å². The van der Waals surface area contributed by atoms with Crippen molar-refractivity contribution in [2.45, 2.75) is 49.3 Å². The average Bonchev–Trinajstić information content (AvgIpc) is 3.60. The van der Waals surface area contributed by atoms with Crippen LogP contribution in [0, 0.1) is 11.7 Å². The zero-order valence-electron chi connectivity index (χ0n) is 23.1. The maximum atomic E-state index is 15.4. The summed E-state index contributed by atoms with van der Waals surface area (Å²) in [4.78, 5) is 26.0. The van der Waals surface area contributed by atoms with Gasteiger partial charge in [-0.05, 0) is 43.2 Å². The first kappa shape index (κ1) is 30.6. The minimum absolute atomic E-state index is 0.0107. The highest BCUT2D eigenvalue weighted by Gasteiger charge is 2.67. The van der Waals surface area contributed by atoms with Gasteiger partial charge in [-0.15, -0.1) is 0 Å². The van der Waals surface area contributed by atoms with Crippen molar-refractivity contribution in [3.63, 3.8) is 0 Å². The number of amides is 1. The molecule has 1 aliphatic heterocycles. The van der Waals surface area contributed by atoms with Gasteiger partial charge in [-0.2, -0.15) is 0 Å². The molecular weight excluding hydrogens is 578 g/mol. The molecule has 0 saturated heterocycles. The molecule has 2 aromatic rings. The van der Waals surface area contributed by atoms with Crippen LogP contribution >= 0.6 is 23.4 Å². The van der Waals surface area contributed by atoms with E-state index in [2.05, 4.69) is 29.6 Å². The second-order valence-electron chi connectivity index (χ2n) is 11.4. The second kappa shape index (κ2) is 11.8. The normalized spacial score (nSPS) is 24.4. The Kier molecular flexibility index (Phi) is 9.05. The van der Waals surface area contributed by atoms with E-state index < -0.39 is 36.1 Å². The van der Waals surface area contributed by atoms with E-state index in [9.17, 15) is 14.3 Å². The number of benzene rings is 1. The summed E-state index contributed by atoms with van der Waals surface area (Å²) in [5.41, 5.74) is -0.509. The van der Waals surface area contributed by atoms with Crippen molar-refractivity contribution in [3.05, 3.63) is 58.4 Å². The number of thioether (sulfide) groups is 1. The molecule has 0 radical (unpaired) electrons. The predicted octanol–water partition coefficient (Wildman–Crippen LogP) is 6.75. The molecule has 2 heterocycles. The number of ether oxygens (including phenoxy) is 2. The molecule has 8 nitrogen and oxygen atoms in total. The van der Waals surface area contributed by atoms with Crippen molar-refractivity contribution in [2.24, 2.45) is 10.9 Å². The summed E-state index contributed by atoms with van der Waals surface area (Å²) in [6.45, 7) is 9.02. The van der Waals surface area contributed by atoms with Gasteiger partial charge in [-0.3, -0.25) is 4.99 Å². The van der Waals surface area contributed by atoms with E-state index in [4.69, 9.17) is 26.1 Å². The molecule has 1 aromatic heterocycles. The van der Waals surface area contributed by atoms with E-state index in [1.807, 2.05) is 0 Å². The van der Waals surface area contributed by atoms with Crippen LogP contribution in [0.4, 0.5) is 13.6 Å². The average molecular weight is 611 g/mol. The van der Waals surface area contributed by atoms with E-state index in [0.717, 1.165) is 10.9 Å². The predicted molar refractivity (Wildman–Crippen MR) is 156 cm³/mol. The Morgan fingerprint density at radius 2 is 2.08 bits per heavy atom. The van der Waals surface area contributed by atoms with Gasteiger partial charge in [-0.1, -0.05) is 49.1 Å². The molecule has 1 amide bonds. The van der Waals surface area contributed by atoms with Gasteiger partial charge in [0.05, 0.1) is 29.3 Å². The molecule has 13 heteroatoms. The highest BCUT2D eigenvalue weighted by molar-refractivity contribution is 8.15. The summed E-state index contributed by atoms with van der Waals surface area (Å²) in [6, 6.07) is 5.15. The van der Waals surface area contributed by atoms with Crippen molar-refractivity contribution in [1.29, 1.82) is 0 Å². The Morgan fingerprint density at radius 1 is 1.32 bits per heavy atom. The summed E-state index contributed by atoms with van der Waals surface area (Å²) in [5, 5.41) is 10.4. The van der Waals surface area contributed by atoms with Crippen molar-refractivity contribution < 1.29 is 28.2 Å². The number of halogens is 3. The maximum absolute atomic E-state index is 15.4. The number of aromatic nitrogens is 2. The van der Waals surface area contributed by atoms with Crippen molar-refractivity contribution in [1.82, 2.24) is 14.9 Å². The number of rotatable bonds is 10. The van der Waals surface area contributed by atoms with Crippen molar-refractivity contribution in [3.8, 4) is 0 Å². The highest BCUT2D eigenvalue weighted by Crippen LogP contribution is 2.66. The van der Waals surface area contributed by atoms with Gasteiger partial charge in [0, 0.05) is 33.3 Å². The first-order chi connectivity index (χ1) is 18.8. The van der Waals surface area contributed by atoms with Gasteiger partial charge < -0.3 is 14.6 Å². The van der Waals surface area contributed by atoms with Crippen molar-refractivity contribution >= 4 is 54.6 Å². The topological polar surface area (TPSA) is 97.1 Å². The number of carboxylic acid groups (broad SMARTS) is 1. The molecule has 4 rings (SSSR count). The molecule has 0 unspecified atom stereocenters. The number of methoxy groups -OCH3 is 1. The fourth-order valence-electron chi connectivity index (χ4n) is 4.79. The summed E-state index contributed by atoms with van der Waals surface area (Å²) in [6.07, 6.45) is 3.12. The quantitative estimate of drug-likeness (QED) is 0.180. The Balaban J connectivity index is 1.69. The minimum Gasteiger partial charge on any atom is -0.465 e. The Morgan fingerprint density at radius 3 is 2.70 bits per heavy atom. The number of hydrogen-bond acceptors (Lipinski definition) is 7. The Labute approximate surface area is 242 Å². The molecule has 1 fully saturated rings. The molecule has 216 valence electrons. The van der Waals surface area contributed by atoms with Crippen LogP contribution in [-0.4, -0.2) is 71.1 Å². The summed E-state index contributed by atoms with van der Waals surface area (Å²) < 4.78 is 41.2. The largest absolute Gasteiger partial charge is 0.465 e. The molecule has 1 aromatic carbocycles. The van der Waals surface area contributed by atoms with Crippen LogP contribution in [0.3, 0.4) is 0 Å². The van der Waals surface area contributed by atoms with E-state index in [1.165, 1.54) is 42.4 Å². The molecule has 0 spiro atoms. The summed E-state index contributed by atoms with van der Waals surface area (Å²) >= 11 is 7.07. The lowest BCUT2D eigenvalue weighted by molar-refractivity contribution is 0.0701. The highest BCUT2D eigenvalue weighted by atomic mass is 35.5. The number of carbonyl (C=O) groups is 1. The lowest BCUT2D eigenvalue weighted by Crippen LogP contribution is -2.44. The zero-order chi connectivity index (χ0) is 29.3. The molecular formula is C27H33ClF2N4O4SSi. The molecule has 40 heavy (non-hydrogen) atoms. The maximum Gasteiger partial charge on any atom is 0.415 e. The minimum atomic E-state index is -1.37. The van der Waals surface area contributed by atoms with Gasteiger partial charge in [-0.25, -0.2) is 28.4 Å². The Hall–Kier alpha value is -2.38. The van der Waals surface area contributed by atoms with Crippen LogP contribution in [0.25, 0.3) is 11.9 Å². The van der Waals surface area contributed by atoms with Crippen LogP contribution in [0.1, 0.15) is 30.2 Å². The fraction of sp³-hybridized carbons (Fsp3) is 0.481. The summed E-state index contributed by atoms with van der Waals surface area (Å²) in [7, 11) is 0.212.